The number of nitrogens with one attached hydrogen (secondary N) is 2. The second-order valence-corrected chi connectivity index (χ2v) is 9.09. The Bertz CT molecular complexity index is 953. The highest BCUT2D eigenvalue weighted by molar-refractivity contribution is 7.80. The van der Waals surface area contributed by atoms with Crippen molar-refractivity contribution < 1.29 is 4.74 Å². The van der Waals surface area contributed by atoms with Gasteiger partial charge in [-0.3, -0.25) is 9.69 Å². The molecule has 8 heteroatoms. The number of H-pyrrole nitrogens is 1. The van der Waals surface area contributed by atoms with Gasteiger partial charge in [-0.25, -0.2) is 0 Å². The molecule has 182 valence electrons. The van der Waals surface area contributed by atoms with Gasteiger partial charge in [0.15, 0.2) is 5.11 Å². The van der Waals surface area contributed by atoms with E-state index >= 15 is 0 Å². The summed E-state index contributed by atoms with van der Waals surface area (Å²) < 4.78 is 5.42. The van der Waals surface area contributed by atoms with Gasteiger partial charge in [-0.1, -0.05) is 25.5 Å². The fourth-order valence-electron chi connectivity index (χ4n) is 4.18. The molecule has 2 aromatic rings. The molecule has 2 heterocycles. The number of pyridine rings is 1. The van der Waals surface area contributed by atoms with Crippen molar-refractivity contribution >= 4 is 28.2 Å². The summed E-state index contributed by atoms with van der Waals surface area (Å²) in [5, 5.41) is 5.21. The van der Waals surface area contributed by atoms with E-state index in [2.05, 4.69) is 51.8 Å². The molecule has 0 spiro atoms. The van der Waals surface area contributed by atoms with E-state index in [1.165, 1.54) is 5.56 Å². The average molecular weight is 474 g/mol. The maximum absolute atomic E-state index is 12.8. The van der Waals surface area contributed by atoms with Crippen LogP contribution in [0.3, 0.4) is 0 Å². The summed E-state index contributed by atoms with van der Waals surface area (Å²) in [7, 11) is 0. The smallest absolute Gasteiger partial charge is 0.253 e. The van der Waals surface area contributed by atoms with Gasteiger partial charge in [-0.05, 0) is 68.8 Å². The van der Waals surface area contributed by atoms with Gasteiger partial charge in [0, 0.05) is 43.8 Å². The quantitative estimate of drug-likeness (QED) is 0.384. The van der Waals surface area contributed by atoms with Crippen LogP contribution in [0.2, 0.25) is 0 Å². The lowest BCUT2D eigenvalue weighted by molar-refractivity contribution is 0.0376. The van der Waals surface area contributed by atoms with E-state index in [1.54, 1.807) is 0 Å². The molecule has 0 atom stereocenters. The number of aryl methyl sites for hydroxylation is 1. The van der Waals surface area contributed by atoms with Crippen molar-refractivity contribution in [2.75, 3.05) is 65.6 Å². The van der Waals surface area contributed by atoms with Gasteiger partial charge in [0.05, 0.1) is 19.8 Å². The maximum atomic E-state index is 12.8. The lowest BCUT2D eigenvalue weighted by atomic mass is 10.1. The molecule has 0 bridgehead atoms. The van der Waals surface area contributed by atoms with E-state index < -0.39 is 0 Å². The number of aromatic nitrogens is 1. The Balaban J connectivity index is 1.65. The lowest BCUT2D eigenvalue weighted by Gasteiger charge is -2.29. The lowest BCUT2D eigenvalue weighted by Crippen LogP contribution is -2.45. The number of nitrogens with zero attached hydrogens (tertiary/aromatic N) is 3. The molecule has 0 amide bonds. The molecule has 7 nitrogen and oxygen atoms in total. The normalized spacial score (nSPS) is 14.7. The van der Waals surface area contributed by atoms with Gasteiger partial charge in [-0.15, -0.1) is 0 Å². The molecule has 33 heavy (non-hydrogen) atoms. The number of aromatic amines is 1. The molecule has 1 aromatic carbocycles. The van der Waals surface area contributed by atoms with Crippen LogP contribution in [-0.2, 0) is 11.3 Å². The number of ether oxygens (including phenoxy) is 1. The van der Waals surface area contributed by atoms with Crippen LogP contribution in [0.1, 0.15) is 31.4 Å². The highest BCUT2D eigenvalue weighted by atomic mass is 32.1. The van der Waals surface area contributed by atoms with Gasteiger partial charge < -0.3 is 24.8 Å². The number of hydrogen-bond acceptors (Lipinski definition) is 5. The van der Waals surface area contributed by atoms with Crippen molar-refractivity contribution in [3.05, 3.63) is 45.7 Å². The molecule has 0 radical (unpaired) electrons. The van der Waals surface area contributed by atoms with Gasteiger partial charge >= 0.3 is 0 Å². The Hall–Kier alpha value is -2.00. The Kier molecular flexibility index (Phi) is 10.1. The first-order chi connectivity index (χ1) is 16.0. The monoisotopic (exact) mass is 473 g/mol. The molecule has 0 saturated carbocycles. The Morgan fingerprint density at radius 1 is 1.18 bits per heavy atom. The Morgan fingerprint density at radius 3 is 2.67 bits per heavy atom. The first kappa shape index (κ1) is 25.6. The third kappa shape index (κ3) is 7.78. The van der Waals surface area contributed by atoms with Crippen LogP contribution >= 0.6 is 12.2 Å². The minimum atomic E-state index is -0.0469. The molecule has 3 rings (SSSR count). The number of morpholine rings is 1. The van der Waals surface area contributed by atoms with Crippen LogP contribution in [0.5, 0.6) is 0 Å². The number of benzene rings is 1. The summed E-state index contributed by atoms with van der Waals surface area (Å²) in [6, 6.07) is 8.10. The number of rotatable bonds is 11. The predicted molar refractivity (Wildman–Crippen MR) is 140 cm³/mol. The summed E-state index contributed by atoms with van der Waals surface area (Å²) in [4.78, 5) is 22.8. The third-order valence-corrected chi connectivity index (χ3v) is 6.74. The SMILES string of the molecule is CCN(CC)CCN(Cc1cc2cc(C)ccc2[nH]c1=O)C(=S)NCCCN1CCOCC1. The molecular weight excluding hydrogens is 434 g/mol. The zero-order chi connectivity index (χ0) is 23.6. The van der Waals surface area contributed by atoms with E-state index in [1.807, 2.05) is 18.2 Å². The minimum Gasteiger partial charge on any atom is -0.379 e. The average Bonchev–Trinajstić information content (AvgIpc) is 2.82. The summed E-state index contributed by atoms with van der Waals surface area (Å²) >= 11 is 5.78. The van der Waals surface area contributed by atoms with Crippen molar-refractivity contribution in [1.82, 2.24) is 25.0 Å². The zero-order valence-electron chi connectivity index (χ0n) is 20.4. The molecule has 1 saturated heterocycles. The molecule has 1 fully saturated rings. The van der Waals surface area contributed by atoms with E-state index in [0.29, 0.717) is 11.7 Å². The Morgan fingerprint density at radius 2 is 1.94 bits per heavy atom. The van der Waals surface area contributed by atoms with Gasteiger partial charge in [0.2, 0.25) is 0 Å². The van der Waals surface area contributed by atoms with Crippen molar-refractivity contribution in [2.45, 2.75) is 33.7 Å². The summed E-state index contributed by atoms with van der Waals surface area (Å²) in [5.41, 5.74) is 2.74. The van der Waals surface area contributed by atoms with Crippen LogP contribution in [0.25, 0.3) is 10.9 Å². The fourth-order valence-corrected chi connectivity index (χ4v) is 4.44. The molecule has 2 N–H and O–H groups in total. The highest BCUT2D eigenvalue weighted by Crippen LogP contribution is 2.14. The number of likely N-dealkylation sites (N-methyl/N-ethyl adjacent to an activating group) is 1. The molecule has 1 aliphatic rings. The number of hydrogen-bond donors (Lipinski definition) is 2. The standard InChI is InChI=1S/C25H39N5O2S/c1-4-28(5-2)11-12-30(25(33)26-9-6-10-29-13-15-32-16-14-29)19-22-18-21-17-20(3)7-8-23(21)27-24(22)31/h7-8,17-18H,4-6,9-16,19H2,1-3H3,(H,26,33)(H,27,31). The maximum Gasteiger partial charge on any atom is 0.253 e. The molecule has 1 aliphatic heterocycles. The van der Waals surface area contributed by atoms with E-state index in [0.717, 1.165) is 88.5 Å². The molecular formula is C25H39N5O2S. The first-order valence-corrected chi connectivity index (χ1v) is 12.6. The molecule has 0 unspecified atom stereocenters. The van der Waals surface area contributed by atoms with E-state index in [9.17, 15) is 4.79 Å². The van der Waals surface area contributed by atoms with Crippen LogP contribution in [0.4, 0.5) is 0 Å². The topological polar surface area (TPSA) is 63.8 Å². The number of thiocarbonyl (C=S) groups is 1. The molecule has 1 aromatic heterocycles. The van der Waals surface area contributed by atoms with E-state index in [4.69, 9.17) is 17.0 Å². The van der Waals surface area contributed by atoms with Crippen molar-refractivity contribution in [1.29, 1.82) is 0 Å². The van der Waals surface area contributed by atoms with Crippen LogP contribution < -0.4 is 10.9 Å². The zero-order valence-corrected chi connectivity index (χ0v) is 21.2. The van der Waals surface area contributed by atoms with Crippen LogP contribution in [-0.4, -0.2) is 90.4 Å². The summed E-state index contributed by atoms with van der Waals surface area (Å²) in [5.74, 6) is 0. The summed E-state index contributed by atoms with van der Waals surface area (Å²) in [6.07, 6.45) is 1.03. The second-order valence-electron chi connectivity index (χ2n) is 8.70. The van der Waals surface area contributed by atoms with Gasteiger partial charge in [0.1, 0.15) is 0 Å². The van der Waals surface area contributed by atoms with Crippen molar-refractivity contribution in [3.8, 4) is 0 Å². The van der Waals surface area contributed by atoms with Crippen LogP contribution in [0, 0.1) is 6.92 Å². The second kappa shape index (κ2) is 13.0. The van der Waals surface area contributed by atoms with Crippen molar-refractivity contribution in [3.63, 3.8) is 0 Å². The highest BCUT2D eigenvalue weighted by Gasteiger charge is 2.15. The Labute approximate surface area is 203 Å². The first-order valence-electron chi connectivity index (χ1n) is 12.2. The number of fused-ring (bicyclic) bond motifs is 1. The fraction of sp³-hybridized carbons (Fsp3) is 0.600. The van der Waals surface area contributed by atoms with E-state index in [-0.39, 0.29) is 5.56 Å². The molecule has 0 aliphatic carbocycles. The third-order valence-electron chi connectivity index (χ3n) is 6.34. The van der Waals surface area contributed by atoms with Crippen LogP contribution in [0.15, 0.2) is 29.1 Å². The minimum absolute atomic E-state index is 0.0469. The predicted octanol–water partition coefficient (Wildman–Crippen LogP) is 2.58. The van der Waals surface area contributed by atoms with Crippen molar-refractivity contribution in [2.24, 2.45) is 0 Å². The summed E-state index contributed by atoms with van der Waals surface area (Å²) in [6.45, 7) is 16.1. The largest absolute Gasteiger partial charge is 0.379 e. The van der Waals surface area contributed by atoms with Gasteiger partial charge in [-0.2, -0.15) is 0 Å². The van der Waals surface area contributed by atoms with Gasteiger partial charge in [0.25, 0.3) is 5.56 Å².